The van der Waals surface area contributed by atoms with Gasteiger partial charge in [0.05, 0.1) is 7.11 Å². The van der Waals surface area contributed by atoms with Gasteiger partial charge >= 0.3 is 0 Å². The molecule has 5 nitrogen and oxygen atoms in total. The van der Waals surface area contributed by atoms with Crippen molar-refractivity contribution >= 4 is 17.5 Å². The van der Waals surface area contributed by atoms with Crippen LogP contribution in [0.15, 0.2) is 48.5 Å². The highest BCUT2D eigenvalue weighted by Gasteiger charge is 2.34. The maximum Gasteiger partial charge on any atom is 0.254 e. The van der Waals surface area contributed by atoms with Gasteiger partial charge in [-0.2, -0.15) is 0 Å². The highest BCUT2D eigenvalue weighted by atomic mass is 16.5. The Hall–Kier alpha value is -2.82. The first kappa shape index (κ1) is 22.4. The molecule has 1 saturated carbocycles. The van der Waals surface area contributed by atoms with Gasteiger partial charge in [0.15, 0.2) is 0 Å². The molecule has 0 bridgehead atoms. The van der Waals surface area contributed by atoms with E-state index in [0.29, 0.717) is 12.1 Å². The van der Waals surface area contributed by atoms with Crippen LogP contribution in [0.25, 0.3) is 0 Å². The van der Waals surface area contributed by atoms with Gasteiger partial charge in [0.1, 0.15) is 5.75 Å². The predicted molar refractivity (Wildman–Crippen MR) is 127 cm³/mol. The molecule has 0 unspecified atom stereocenters. The molecule has 2 aromatic carbocycles. The van der Waals surface area contributed by atoms with Crippen LogP contribution in [0.4, 0.5) is 5.69 Å². The van der Waals surface area contributed by atoms with E-state index in [-0.39, 0.29) is 17.7 Å². The second kappa shape index (κ2) is 10.7. The summed E-state index contributed by atoms with van der Waals surface area (Å²) in [6.45, 7) is 1.99. The van der Waals surface area contributed by atoms with Crippen molar-refractivity contribution in [2.75, 3.05) is 25.1 Å². The third-order valence-electron chi connectivity index (χ3n) is 6.52. The van der Waals surface area contributed by atoms with Crippen molar-refractivity contribution in [3.63, 3.8) is 0 Å². The number of methoxy groups -OCH3 is 1. The number of hydrogen-bond acceptors (Lipinski definition) is 3. The highest BCUT2D eigenvalue weighted by Crippen LogP contribution is 2.34. The zero-order valence-electron chi connectivity index (χ0n) is 19.1. The molecule has 0 N–H and O–H groups in total. The van der Waals surface area contributed by atoms with Gasteiger partial charge in [0, 0.05) is 36.8 Å². The van der Waals surface area contributed by atoms with Crippen molar-refractivity contribution in [2.45, 2.75) is 57.9 Å². The molecule has 1 heterocycles. The molecule has 0 saturated heterocycles. The standard InChI is InChI=1S/C27H34N2O3/c1-32-24-16-14-21(15-17-24)26(30)28-18-8-4-2-3-5-9-19-29(27(31)22-12-13-22)25-11-7-6-10-23(25)20-28/h6-7,10-11,14-17,22H,2-5,8-9,12-13,18-20H2,1H3. The fourth-order valence-corrected chi connectivity index (χ4v) is 4.46. The van der Waals surface area contributed by atoms with E-state index in [1.165, 1.54) is 12.8 Å². The Morgan fingerprint density at radius 1 is 0.844 bits per heavy atom. The van der Waals surface area contributed by atoms with Crippen molar-refractivity contribution < 1.29 is 14.3 Å². The van der Waals surface area contributed by atoms with Gasteiger partial charge in [0.25, 0.3) is 5.91 Å². The van der Waals surface area contributed by atoms with Gasteiger partial charge in [0.2, 0.25) is 5.91 Å². The molecule has 32 heavy (non-hydrogen) atoms. The van der Waals surface area contributed by atoms with Crippen LogP contribution in [-0.4, -0.2) is 36.9 Å². The molecule has 1 aliphatic heterocycles. The maximum absolute atomic E-state index is 13.4. The minimum atomic E-state index is 0.0254. The summed E-state index contributed by atoms with van der Waals surface area (Å²) in [5.41, 5.74) is 2.68. The van der Waals surface area contributed by atoms with Crippen LogP contribution in [0, 0.1) is 5.92 Å². The molecule has 2 amide bonds. The summed E-state index contributed by atoms with van der Waals surface area (Å²) in [5, 5.41) is 0. The SMILES string of the molecule is COc1ccc(C(=O)N2CCCCCCCCN(C(=O)C3CC3)c3ccccc3C2)cc1. The van der Waals surface area contributed by atoms with E-state index in [9.17, 15) is 9.59 Å². The lowest BCUT2D eigenvalue weighted by molar-refractivity contribution is -0.119. The van der Waals surface area contributed by atoms with Crippen molar-refractivity contribution in [1.29, 1.82) is 0 Å². The Balaban J connectivity index is 1.63. The van der Waals surface area contributed by atoms with E-state index < -0.39 is 0 Å². The smallest absolute Gasteiger partial charge is 0.254 e. The van der Waals surface area contributed by atoms with Gasteiger partial charge < -0.3 is 14.5 Å². The number of amides is 2. The quantitative estimate of drug-likeness (QED) is 0.647. The number of rotatable bonds is 3. The number of anilines is 1. The number of fused-ring (bicyclic) bond motifs is 1. The van der Waals surface area contributed by atoms with Crippen molar-refractivity contribution in [2.24, 2.45) is 5.92 Å². The zero-order valence-corrected chi connectivity index (χ0v) is 19.1. The molecule has 4 rings (SSSR count). The topological polar surface area (TPSA) is 49.9 Å². The summed E-state index contributed by atoms with van der Waals surface area (Å²) in [4.78, 5) is 30.5. The zero-order chi connectivity index (χ0) is 22.3. The number of carbonyl (C=O) groups is 2. The van der Waals surface area contributed by atoms with Crippen LogP contribution in [0.3, 0.4) is 0 Å². The molecule has 2 aromatic rings. The second-order valence-electron chi connectivity index (χ2n) is 8.97. The fraction of sp³-hybridized carbons (Fsp3) is 0.481. The molecule has 1 fully saturated rings. The average molecular weight is 435 g/mol. The minimum Gasteiger partial charge on any atom is -0.497 e. The van der Waals surface area contributed by atoms with Crippen LogP contribution in [0.5, 0.6) is 5.75 Å². The largest absolute Gasteiger partial charge is 0.497 e. The molecule has 0 atom stereocenters. The fourth-order valence-electron chi connectivity index (χ4n) is 4.46. The molecule has 170 valence electrons. The van der Waals surface area contributed by atoms with Gasteiger partial charge in [-0.25, -0.2) is 0 Å². The number of hydrogen-bond donors (Lipinski definition) is 0. The maximum atomic E-state index is 13.4. The molecule has 0 radical (unpaired) electrons. The van der Waals surface area contributed by atoms with Gasteiger partial charge in [-0.1, -0.05) is 43.9 Å². The average Bonchev–Trinajstić information content (AvgIpc) is 3.67. The normalized spacial score (nSPS) is 18.0. The number of benzene rings is 2. The summed E-state index contributed by atoms with van der Waals surface area (Å²) in [6.07, 6.45) is 8.65. The molecule has 0 spiro atoms. The first-order valence-electron chi connectivity index (χ1n) is 12.0. The van der Waals surface area contributed by atoms with Crippen molar-refractivity contribution in [1.82, 2.24) is 4.90 Å². The number of para-hydroxylation sites is 1. The van der Waals surface area contributed by atoms with Crippen molar-refractivity contribution in [3.05, 3.63) is 59.7 Å². The van der Waals surface area contributed by atoms with Crippen LogP contribution < -0.4 is 9.64 Å². The van der Waals surface area contributed by atoms with E-state index >= 15 is 0 Å². The lowest BCUT2D eigenvalue weighted by Gasteiger charge is -2.28. The second-order valence-corrected chi connectivity index (χ2v) is 8.97. The monoisotopic (exact) mass is 434 g/mol. The minimum absolute atomic E-state index is 0.0254. The lowest BCUT2D eigenvalue weighted by Crippen LogP contribution is -2.36. The summed E-state index contributed by atoms with van der Waals surface area (Å²) in [7, 11) is 1.63. The van der Waals surface area contributed by atoms with Crippen LogP contribution in [0.2, 0.25) is 0 Å². The van der Waals surface area contributed by atoms with E-state index in [1.807, 2.05) is 52.3 Å². The number of carbonyl (C=O) groups excluding carboxylic acids is 2. The summed E-state index contributed by atoms with van der Waals surface area (Å²) < 4.78 is 5.24. The predicted octanol–water partition coefficient (Wildman–Crippen LogP) is 5.43. The molecule has 5 heteroatoms. The van der Waals surface area contributed by atoms with Gasteiger partial charge in [-0.05, 0) is 61.6 Å². The Labute approximate surface area is 191 Å². The van der Waals surface area contributed by atoms with E-state index in [1.54, 1.807) is 7.11 Å². The first-order chi connectivity index (χ1) is 15.7. The third kappa shape index (κ3) is 5.50. The first-order valence-corrected chi connectivity index (χ1v) is 12.0. The molecule has 0 aromatic heterocycles. The summed E-state index contributed by atoms with van der Waals surface area (Å²) >= 11 is 0. The Morgan fingerprint density at radius 3 is 2.19 bits per heavy atom. The molecule has 1 aliphatic carbocycles. The van der Waals surface area contributed by atoms with Gasteiger partial charge in [-0.15, -0.1) is 0 Å². The lowest BCUT2D eigenvalue weighted by atomic mass is 10.1. The van der Waals surface area contributed by atoms with E-state index in [0.717, 1.165) is 68.6 Å². The highest BCUT2D eigenvalue weighted by molar-refractivity contribution is 5.97. The Kier molecular flexibility index (Phi) is 7.46. The van der Waals surface area contributed by atoms with Crippen LogP contribution >= 0.6 is 0 Å². The number of nitrogens with zero attached hydrogens (tertiary/aromatic N) is 2. The summed E-state index contributed by atoms with van der Waals surface area (Å²) in [5.74, 6) is 1.19. The van der Waals surface area contributed by atoms with Crippen LogP contribution in [-0.2, 0) is 11.3 Å². The Morgan fingerprint density at radius 2 is 1.50 bits per heavy atom. The van der Waals surface area contributed by atoms with E-state index in [4.69, 9.17) is 4.74 Å². The molecular weight excluding hydrogens is 400 g/mol. The molecule has 2 aliphatic rings. The van der Waals surface area contributed by atoms with Crippen LogP contribution in [0.1, 0.15) is 67.3 Å². The van der Waals surface area contributed by atoms with Gasteiger partial charge in [-0.3, -0.25) is 9.59 Å². The van der Waals surface area contributed by atoms with Crippen molar-refractivity contribution in [3.8, 4) is 5.75 Å². The number of ether oxygens (including phenoxy) is 1. The summed E-state index contributed by atoms with van der Waals surface area (Å²) in [6, 6.07) is 15.4. The third-order valence-corrected chi connectivity index (χ3v) is 6.52. The molecular formula is C27H34N2O3. The Bertz CT molecular complexity index is 921. The van der Waals surface area contributed by atoms with E-state index in [2.05, 4.69) is 6.07 Å².